The molecule has 1 atom stereocenters. The van der Waals surface area contributed by atoms with Gasteiger partial charge in [-0.25, -0.2) is 0 Å². The van der Waals surface area contributed by atoms with Gasteiger partial charge in [-0.05, 0) is 19.3 Å². The van der Waals surface area contributed by atoms with E-state index in [9.17, 15) is 4.79 Å². The van der Waals surface area contributed by atoms with Gasteiger partial charge in [0.1, 0.15) is 0 Å². The van der Waals surface area contributed by atoms with Gasteiger partial charge in [0.25, 0.3) is 0 Å². The van der Waals surface area contributed by atoms with E-state index in [4.69, 9.17) is 5.11 Å². The van der Waals surface area contributed by atoms with Crippen LogP contribution in [0.15, 0.2) is 0 Å². The minimum Gasteiger partial charge on any atom is -0.396 e. The Morgan fingerprint density at radius 2 is 2.12 bits per heavy atom. The van der Waals surface area contributed by atoms with Crippen LogP contribution in [0, 0.1) is 0 Å². The maximum Gasteiger partial charge on any atom is 0.239 e. The Bertz CT molecular complexity index is 209. The van der Waals surface area contributed by atoms with Gasteiger partial charge in [0.05, 0.1) is 6.04 Å². The highest BCUT2D eigenvalue weighted by Crippen LogP contribution is 2.07. The first kappa shape index (κ1) is 13.5. The SMILES string of the molecule is CCC1NCCN(CCCCCCO)C1=O. The number of nitrogens with one attached hydrogen (secondary N) is 1. The third kappa shape index (κ3) is 4.10. The fraction of sp³-hybridized carbons (Fsp3) is 0.917. The van der Waals surface area contributed by atoms with Crippen LogP contribution in [0.2, 0.25) is 0 Å². The summed E-state index contributed by atoms with van der Waals surface area (Å²) in [6.07, 6.45) is 4.98. The third-order valence-electron chi connectivity index (χ3n) is 3.13. The average molecular weight is 228 g/mol. The van der Waals surface area contributed by atoms with Crippen LogP contribution in [0.3, 0.4) is 0 Å². The van der Waals surface area contributed by atoms with Crippen molar-refractivity contribution < 1.29 is 9.90 Å². The van der Waals surface area contributed by atoms with E-state index in [0.717, 1.165) is 51.7 Å². The number of hydrogen-bond acceptors (Lipinski definition) is 3. The van der Waals surface area contributed by atoms with Crippen LogP contribution in [0.25, 0.3) is 0 Å². The molecular formula is C12H24N2O2. The second-order valence-corrected chi connectivity index (χ2v) is 4.38. The number of piperazine rings is 1. The second kappa shape index (κ2) is 7.63. The number of amides is 1. The zero-order valence-corrected chi connectivity index (χ0v) is 10.2. The number of unbranched alkanes of at least 4 members (excludes halogenated alkanes) is 3. The first-order valence-corrected chi connectivity index (χ1v) is 6.42. The Morgan fingerprint density at radius 1 is 1.38 bits per heavy atom. The van der Waals surface area contributed by atoms with Crippen LogP contribution in [0.5, 0.6) is 0 Å². The van der Waals surface area contributed by atoms with E-state index in [2.05, 4.69) is 5.32 Å². The molecule has 0 bridgehead atoms. The maximum absolute atomic E-state index is 11.9. The minimum absolute atomic E-state index is 0.0335. The topological polar surface area (TPSA) is 52.6 Å². The second-order valence-electron chi connectivity index (χ2n) is 4.38. The molecular weight excluding hydrogens is 204 g/mol. The highest BCUT2D eigenvalue weighted by molar-refractivity contribution is 5.82. The Hall–Kier alpha value is -0.610. The van der Waals surface area contributed by atoms with Crippen LogP contribution >= 0.6 is 0 Å². The van der Waals surface area contributed by atoms with E-state index < -0.39 is 0 Å². The van der Waals surface area contributed by atoms with Crippen molar-refractivity contribution in [2.75, 3.05) is 26.2 Å². The van der Waals surface area contributed by atoms with E-state index in [-0.39, 0.29) is 18.6 Å². The fourth-order valence-electron chi connectivity index (χ4n) is 2.10. The van der Waals surface area contributed by atoms with Gasteiger partial charge in [0.2, 0.25) is 5.91 Å². The van der Waals surface area contributed by atoms with Crippen LogP contribution in [-0.4, -0.2) is 48.2 Å². The Kier molecular flexibility index (Phi) is 6.42. The lowest BCUT2D eigenvalue weighted by Gasteiger charge is -2.32. The zero-order valence-electron chi connectivity index (χ0n) is 10.2. The predicted molar refractivity (Wildman–Crippen MR) is 64.2 cm³/mol. The van der Waals surface area contributed by atoms with Crippen molar-refractivity contribution >= 4 is 5.91 Å². The smallest absolute Gasteiger partial charge is 0.239 e. The molecule has 16 heavy (non-hydrogen) atoms. The van der Waals surface area contributed by atoms with Crippen molar-refractivity contribution in [3.8, 4) is 0 Å². The number of aliphatic hydroxyl groups is 1. The maximum atomic E-state index is 11.9. The molecule has 1 saturated heterocycles. The summed E-state index contributed by atoms with van der Waals surface area (Å²) >= 11 is 0. The van der Waals surface area contributed by atoms with Crippen LogP contribution in [0.1, 0.15) is 39.0 Å². The molecule has 2 N–H and O–H groups in total. The van der Waals surface area contributed by atoms with Gasteiger partial charge in [-0.2, -0.15) is 0 Å². The number of nitrogens with zero attached hydrogens (tertiary/aromatic N) is 1. The van der Waals surface area contributed by atoms with E-state index >= 15 is 0 Å². The number of aliphatic hydroxyl groups excluding tert-OH is 1. The van der Waals surface area contributed by atoms with Gasteiger partial charge >= 0.3 is 0 Å². The average Bonchev–Trinajstić information content (AvgIpc) is 2.31. The molecule has 1 heterocycles. The molecule has 0 aromatic carbocycles. The van der Waals surface area contributed by atoms with Crippen LogP contribution in [-0.2, 0) is 4.79 Å². The molecule has 0 aromatic rings. The number of hydrogen-bond donors (Lipinski definition) is 2. The molecule has 94 valence electrons. The summed E-state index contributed by atoms with van der Waals surface area (Å²) < 4.78 is 0. The highest BCUT2D eigenvalue weighted by atomic mass is 16.2. The molecule has 1 unspecified atom stereocenters. The lowest BCUT2D eigenvalue weighted by Crippen LogP contribution is -2.54. The third-order valence-corrected chi connectivity index (χ3v) is 3.13. The molecule has 0 aliphatic carbocycles. The lowest BCUT2D eigenvalue weighted by molar-refractivity contribution is -0.135. The van der Waals surface area contributed by atoms with E-state index in [1.54, 1.807) is 0 Å². The monoisotopic (exact) mass is 228 g/mol. The fourth-order valence-corrected chi connectivity index (χ4v) is 2.10. The van der Waals surface area contributed by atoms with Gasteiger partial charge in [-0.1, -0.05) is 19.8 Å². The van der Waals surface area contributed by atoms with Crippen molar-refractivity contribution in [3.05, 3.63) is 0 Å². The summed E-state index contributed by atoms with van der Waals surface area (Å²) in [5.41, 5.74) is 0. The molecule has 1 aliphatic rings. The van der Waals surface area contributed by atoms with Gasteiger partial charge in [0.15, 0.2) is 0 Å². The summed E-state index contributed by atoms with van der Waals surface area (Å²) in [6, 6.07) is 0.0335. The molecule has 1 amide bonds. The van der Waals surface area contributed by atoms with Crippen molar-refractivity contribution in [2.45, 2.75) is 45.1 Å². The van der Waals surface area contributed by atoms with Gasteiger partial charge in [0, 0.05) is 26.2 Å². The largest absolute Gasteiger partial charge is 0.396 e. The summed E-state index contributed by atoms with van der Waals surface area (Å²) in [7, 11) is 0. The van der Waals surface area contributed by atoms with Crippen LogP contribution < -0.4 is 5.32 Å². The molecule has 1 rings (SSSR count). The molecule has 0 radical (unpaired) electrons. The number of carbonyl (C=O) groups is 1. The van der Waals surface area contributed by atoms with Crippen molar-refractivity contribution in [2.24, 2.45) is 0 Å². The van der Waals surface area contributed by atoms with Crippen LogP contribution in [0.4, 0.5) is 0 Å². The van der Waals surface area contributed by atoms with Gasteiger partial charge < -0.3 is 15.3 Å². The van der Waals surface area contributed by atoms with Crippen molar-refractivity contribution in [1.29, 1.82) is 0 Å². The molecule has 1 fully saturated rings. The highest BCUT2D eigenvalue weighted by Gasteiger charge is 2.25. The first-order valence-electron chi connectivity index (χ1n) is 6.42. The Labute approximate surface area is 98.0 Å². The minimum atomic E-state index is 0.0335. The standard InChI is InChI=1S/C12H24N2O2/c1-2-11-12(16)14(9-7-13-11)8-5-3-4-6-10-15/h11,13,15H,2-10H2,1H3. The quantitative estimate of drug-likeness (QED) is 0.632. The summed E-state index contributed by atoms with van der Waals surface area (Å²) in [6.45, 7) is 4.96. The van der Waals surface area contributed by atoms with Crippen molar-refractivity contribution in [1.82, 2.24) is 10.2 Å². The zero-order chi connectivity index (χ0) is 11.8. The molecule has 0 saturated carbocycles. The van der Waals surface area contributed by atoms with Gasteiger partial charge in [-0.15, -0.1) is 0 Å². The Balaban J connectivity index is 2.17. The Morgan fingerprint density at radius 3 is 2.81 bits per heavy atom. The first-order chi connectivity index (χ1) is 7.79. The van der Waals surface area contributed by atoms with E-state index in [1.807, 2.05) is 11.8 Å². The summed E-state index contributed by atoms with van der Waals surface area (Å²) in [5.74, 6) is 0.260. The molecule has 4 nitrogen and oxygen atoms in total. The molecule has 4 heteroatoms. The summed E-state index contributed by atoms with van der Waals surface area (Å²) in [4.78, 5) is 13.9. The number of rotatable bonds is 7. The van der Waals surface area contributed by atoms with Gasteiger partial charge in [-0.3, -0.25) is 4.79 Å². The van der Waals surface area contributed by atoms with Crippen molar-refractivity contribution in [3.63, 3.8) is 0 Å². The molecule has 0 aromatic heterocycles. The lowest BCUT2D eigenvalue weighted by atomic mass is 10.1. The normalized spacial score (nSPS) is 21.5. The predicted octanol–water partition coefficient (Wildman–Crippen LogP) is 0.749. The molecule has 1 aliphatic heterocycles. The summed E-state index contributed by atoms with van der Waals surface area (Å²) in [5, 5.41) is 11.9. The van der Waals surface area contributed by atoms with E-state index in [0.29, 0.717) is 0 Å². The number of carbonyl (C=O) groups excluding carboxylic acids is 1. The molecule has 0 spiro atoms. The van der Waals surface area contributed by atoms with E-state index in [1.165, 1.54) is 0 Å².